The van der Waals surface area contributed by atoms with Gasteiger partial charge in [-0.1, -0.05) is 0 Å². The van der Waals surface area contributed by atoms with E-state index < -0.39 is 26.5 Å². The summed E-state index contributed by atoms with van der Waals surface area (Å²) in [7, 11) is -3.29. The van der Waals surface area contributed by atoms with E-state index in [0.717, 1.165) is 12.1 Å². The van der Waals surface area contributed by atoms with Gasteiger partial charge in [0.25, 0.3) is 5.69 Å². The molecule has 0 fully saturated rings. The average Bonchev–Trinajstić information content (AvgIpc) is 2.36. The molecule has 0 aliphatic rings. The third-order valence-corrected chi connectivity index (χ3v) is 3.70. The van der Waals surface area contributed by atoms with Gasteiger partial charge in [0.15, 0.2) is 0 Å². The first-order valence-electron chi connectivity index (χ1n) is 5.51. The lowest BCUT2D eigenvalue weighted by atomic mass is 10.2. The molecule has 1 aromatic rings. The summed E-state index contributed by atoms with van der Waals surface area (Å²) in [6.07, 6.45) is 0. The van der Waals surface area contributed by atoms with Gasteiger partial charge in [-0.3, -0.25) is 10.1 Å². The van der Waals surface area contributed by atoms with Crippen molar-refractivity contribution in [2.45, 2.75) is 6.92 Å². The van der Waals surface area contributed by atoms with Crippen molar-refractivity contribution in [3.63, 3.8) is 0 Å². The molecular weight excluding hydrogens is 277 g/mol. The van der Waals surface area contributed by atoms with Crippen LogP contribution in [0.4, 0.5) is 15.8 Å². The van der Waals surface area contributed by atoms with E-state index in [1.54, 1.807) is 0 Å². The van der Waals surface area contributed by atoms with E-state index in [0.29, 0.717) is 0 Å². The van der Waals surface area contributed by atoms with Gasteiger partial charge < -0.3 is 5.32 Å². The molecule has 9 heteroatoms. The van der Waals surface area contributed by atoms with Crippen molar-refractivity contribution in [2.24, 2.45) is 0 Å². The van der Waals surface area contributed by atoms with Crippen molar-refractivity contribution in [1.82, 2.24) is 4.72 Å². The van der Waals surface area contributed by atoms with E-state index in [1.807, 2.05) is 0 Å². The molecule has 0 heterocycles. The fourth-order valence-corrected chi connectivity index (χ4v) is 1.93. The van der Waals surface area contributed by atoms with Crippen LogP contribution in [-0.4, -0.2) is 32.2 Å². The largest absolute Gasteiger partial charge is 0.378 e. The number of nitro groups is 1. The minimum atomic E-state index is -3.29. The Hall–Kier alpha value is -1.74. The summed E-state index contributed by atoms with van der Waals surface area (Å²) in [6, 6.07) is 3.13. The molecular formula is C10H14FN3O4S. The summed E-state index contributed by atoms with van der Waals surface area (Å²) in [4.78, 5) is 9.99. The topological polar surface area (TPSA) is 101 Å². The smallest absolute Gasteiger partial charge is 0.295 e. The van der Waals surface area contributed by atoms with Crippen LogP contribution in [0.2, 0.25) is 0 Å². The first kappa shape index (κ1) is 15.3. The van der Waals surface area contributed by atoms with Crippen LogP contribution in [0.15, 0.2) is 18.2 Å². The van der Waals surface area contributed by atoms with Gasteiger partial charge in [0.2, 0.25) is 10.0 Å². The number of hydrogen-bond acceptors (Lipinski definition) is 5. The number of nitrogens with one attached hydrogen (secondary N) is 2. The molecule has 0 saturated carbocycles. The highest BCUT2D eigenvalue weighted by Crippen LogP contribution is 2.24. The number of benzene rings is 1. The minimum Gasteiger partial charge on any atom is -0.378 e. The zero-order valence-corrected chi connectivity index (χ0v) is 11.0. The second-order valence-corrected chi connectivity index (χ2v) is 5.74. The van der Waals surface area contributed by atoms with Crippen LogP contribution in [0.1, 0.15) is 6.92 Å². The van der Waals surface area contributed by atoms with E-state index in [9.17, 15) is 22.9 Å². The Morgan fingerprint density at radius 1 is 1.37 bits per heavy atom. The highest BCUT2D eigenvalue weighted by Gasteiger charge is 2.14. The highest BCUT2D eigenvalue weighted by molar-refractivity contribution is 7.89. The Balaban J connectivity index is 2.61. The Bertz CT molecular complexity index is 562. The molecule has 0 unspecified atom stereocenters. The molecule has 0 spiro atoms. The van der Waals surface area contributed by atoms with Crippen molar-refractivity contribution < 1.29 is 17.7 Å². The first-order chi connectivity index (χ1) is 8.85. The Kier molecular flexibility index (Phi) is 5.19. The third-order valence-electron chi connectivity index (χ3n) is 2.30. The Labute approximate surface area is 110 Å². The lowest BCUT2D eigenvalue weighted by Gasteiger charge is -2.08. The van der Waals surface area contributed by atoms with Gasteiger partial charge in [-0.15, -0.1) is 0 Å². The molecule has 0 saturated heterocycles. The second kappa shape index (κ2) is 6.43. The lowest BCUT2D eigenvalue weighted by Crippen LogP contribution is -2.30. The molecule has 0 aliphatic heterocycles. The van der Waals surface area contributed by atoms with E-state index in [-0.39, 0.29) is 24.5 Å². The first-order valence-corrected chi connectivity index (χ1v) is 7.16. The number of rotatable bonds is 7. The third kappa shape index (κ3) is 4.79. The van der Waals surface area contributed by atoms with Crippen LogP contribution in [0, 0.1) is 15.9 Å². The molecule has 7 nitrogen and oxygen atoms in total. The standard InChI is InChI=1S/C10H14FN3O4S/c1-2-19(17,18)13-6-5-12-9-4-3-8(11)7-10(9)14(15)16/h3-4,7,12-13H,2,5-6H2,1H3. The van der Waals surface area contributed by atoms with Crippen molar-refractivity contribution in [3.8, 4) is 0 Å². The van der Waals surface area contributed by atoms with Crippen molar-refractivity contribution >= 4 is 21.4 Å². The van der Waals surface area contributed by atoms with Crippen LogP contribution in [-0.2, 0) is 10.0 Å². The number of anilines is 1. The van der Waals surface area contributed by atoms with Crippen molar-refractivity contribution in [3.05, 3.63) is 34.1 Å². The maximum atomic E-state index is 12.9. The zero-order valence-electron chi connectivity index (χ0n) is 10.2. The van der Waals surface area contributed by atoms with Crippen LogP contribution in [0.3, 0.4) is 0 Å². The summed E-state index contributed by atoms with van der Waals surface area (Å²) in [5.41, 5.74) is -0.250. The second-order valence-electron chi connectivity index (χ2n) is 3.64. The van der Waals surface area contributed by atoms with E-state index in [4.69, 9.17) is 0 Å². The predicted octanol–water partition coefficient (Wildman–Crippen LogP) is 1.09. The van der Waals surface area contributed by atoms with Crippen LogP contribution in [0.5, 0.6) is 0 Å². The Morgan fingerprint density at radius 3 is 2.63 bits per heavy atom. The predicted molar refractivity (Wildman–Crippen MR) is 69.0 cm³/mol. The monoisotopic (exact) mass is 291 g/mol. The Morgan fingerprint density at radius 2 is 2.05 bits per heavy atom. The zero-order chi connectivity index (χ0) is 14.5. The summed E-state index contributed by atoms with van der Waals surface area (Å²) in [5, 5.41) is 13.4. The number of halogens is 1. The SMILES string of the molecule is CCS(=O)(=O)NCCNc1ccc(F)cc1[N+](=O)[O-]. The van der Waals surface area contributed by atoms with Crippen LogP contribution >= 0.6 is 0 Å². The number of sulfonamides is 1. The number of nitrogens with zero attached hydrogens (tertiary/aromatic N) is 1. The van der Waals surface area contributed by atoms with Crippen LogP contribution in [0.25, 0.3) is 0 Å². The molecule has 0 aliphatic carbocycles. The van der Waals surface area contributed by atoms with E-state index >= 15 is 0 Å². The van der Waals surface area contributed by atoms with Gasteiger partial charge in [0.05, 0.1) is 16.7 Å². The molecule has 19 heavy (non-hydrogen) atoms. The van der Waals surface area contributed by atoms with Gasteiger partial charge in [0.1, 0.15) is 11.5 Å². The van der Waals surface area contributed by atoms with Gasteiger partial charge in [-0.2, -0.15) is 0 Å². The summed E-state index contributed by atoms with van der Waals surface area (Å²) in [5.74, 6) is -0.743. The van der Waals surface area contributed by atoms with Gasteiger partial charge in [0, 0.05) is 13.1 Å². The fraction of sp³-hybridized carbons (Fsp3) is 0.400. The molecule has 0 atom stereocenters. The fourth-order valence-electron chi connectivity index (χ4n) is 1.31. The highest BCUT2D eigenvalue weighted by atomic mass is 32.2. The van der Waals surface area contributed by atoms with Gasteiger partial charge in [-0.05, 0) is 19.1 Å². The molecule has 0 amide bonds. The normalized spacial score (nSPS) is 11.3. The summed E-state index contributed by atoms with van der Waals surface area (Å²) < 4.78 is 37.4. The molecule has 1 aromatic carbocycles. The molecule has 0 aromatic heterocycles. The molecule has 0 radical (unpaired) electrons. The lowest BCUT2D eigenvalue weighted by molar-refractivity contribution is -0.384. The van der Waals surface area contributed by atoms with Crippen molar-refractivity contribution in [1.29, 1.82) is 0 Å². The summed E-state index contributed by atoms with van der Waals surface area (Å²) in [6.45, 7) is 1.75. The molecule has 1 rings (SSSR count). The summed E-state index contributed by atoms with van der Waals surface area (Å²) >= 11 is 0. The van der Waals surface area contributed by atoms with Crippen molar-refractivity contribution in [2.75, 3.05) is 24.2 Å². The molecule has 106 valence electrons. The number of nitro benzene ring substituents is 1. The maximum absolute atomic E-state index is 12.9. The molecule has 0 bridgehead atoms. The van der Waals surface area contributed by atoms with E-state index in [1.165, 1.54) is 13.0 Å². The van der Waals surface area contributed by atoms with Gasteiger partial charge >= 0.3 is 0 Å². The number of hydrogen-bond donors (Lipinski definition) is 2. The van der Waals surface area contributed by atoms with Crippen LogP contribution < -0.4 is 10.0 Å². The average molecular weight is 291 g/mol. The molecule has 2 N–H and O–H groups in total. The van der Waals surface area contributed by atoms with Gasteiger partial charge in [-0.25, -0.2) is 17.5 Å². The quantitative estimate of drug-likeness (QED) is 0.445. The van der Waals surface area contributed by atoms with E-state index in [2.05, 4.69) is 10.0 Å². The maximum Gasteiger partial charge on any atom is 0.295 e. The minimum absolute atomic E-state index is 0.0380.